The molecule has 5 heteroatoms. The number of allylic oxidation sites excluding steroid dienone is 2. The van der Waals surface area contributed by atoms with Gasteiger partial charge in [-0.1, -0.05) is 71.4 Å². The molecule has 13 atom stereocenters. The van der Waals surface area contributed by atoms with Gasteiger partial charge in [0.05, 0.1) is 6.10 Å². The lowest BCUT2D eigenvalue weighted by Gasteiger charge is -2.59. The Bertz CT molecular complexity index is 1490. The largest absolute Gasteiger partial charge is 0.462 e. The van der Waals surface area contributed by atoms with E-state index in [4.69, 9.17) is 4.74 Å². The second-order valence-electron chi connectivity index (χ2n) is 20.8. The van der Waals surface area contributed by atoms with Crippen molar-refractivity contribution in [3.63, 3.8) is 0 Å². The first-order valence-electron chi connectivity index (χ1n) is 22.1. The van der Waals surface area contributed by atoms with Gasteiger partial charge in [-0.05, 0) is 166 Å². The molecule has 9 rings (SSSR count). The fraction of sp³-hybridized carbons (Fsp3) is 0.851. The monoisotopic (exact) mass is 715 g/mol. The van der Waals surface area contributed by atoms with Gasteiger partial charge in [0, 0.05) is 24.7 Å². The third-order valence-electron chi connectivity index (χ3n) is 18.8. The van der Waals surface area contributed by atoms with Gasteiger partial charge >= 0.3 is 5.97 Å². The van der Waals surface area contributed by atoms with Crippen molar-refractivity contribution in [3.8, 4) is 0 Å². The van der Waals surface area contributed by atoms with Crippen LogP contribution in [0, 0.1) is 69.0 Å². The zero-order valence-electron chi connectivity index (χ0n) is 33.4. The summed E-state index contributed by atoms with van der Waals surface area (Å²) in [6.07, 6.45) is 27.4. The summed E-state index contributed by atoms with van der Waals surface area (Å²) in [5, 5.41) is 10.5. The molecule has 0 aromatic rings. The maximum Gasteiger partial charge on any atom is 0.306 e. The summed E-state index contributed by atoms with van der Waals surface area (Å²) in [6, 6.07) is 0. The number of esters is 1. The van der Waals surface area contributed by atoms with Crippen LogP contribution in [0.4, 0.5) is 0 Å². The van der Waals surface area contributed by atoms with Crippen LogP contribution >= 0.6 is 0 Å². The van der Waals surface area contributed by atoms with Crippen molar-refractivity contribution < 1.29 is 24.2 Å². The molecule has 0 aliphatic heterocycles. The topological polar surface area (TPSA) is 80.7 Å². The van der Waals surface area contributed by atoms with Crippen molar-refractivity contribution in [2.24, 2.45) is 69.0 Å². The summed E-state index contributed by atoms with van der Waals surface area (Å²) < 4.78 is 6.17. The fourth-order valence-corrected chi connectivity index (χ4v) is 15.5. The molecule has 9 aliphatic carbocycles. The smallest absolute Gasteiger partial charge is 0.306 e. The Morgan fingerprint density at radius 2 is 1.35 bits per heavy atom. The summed E-state index contributed by atoms with van der Waals surface area (Å²) in [4.78, 5) is 36.7. The van der Waals surface area contributed by atoms with Crippen LogP contribution in [0.3, 0.4) is 0 Å². The number of carbonyl (C=O) groups is 3. The Morgan fingerprint density at radius 1 is 0.712 bits per heavy atom. The van der Waals surface area contributed by atoms with Crippen LogP contribution in [0.25, 0.3) is 0 Å². The van der Waals surface area contributed by atoms with Crippen LogP contribution in [0.15, 0.2) is 23.3 Å². The van der Waals surface area contributed by atoms with Crippen LogP contribution in [0.2, 0.25) is 0 Å². The lowest BCUT2D eigenvalue weighted by molar-refractivity contribution is -0.160. The van der Waals surface area contributed by atoms with Crippen molar-refractivity contribution in [1.29, 1.82) is 0 Å². The molecular formula is C47H70O5. The van der Waals surface area contributed by atoms with E-state index in [1.165, 1.54) is 88.2 Å². The molecule has 7 fully saturated rings. The predicted octanol–water partition coefficient (Wildman–Crippen LogP) is 10.5. The maximum absolute atomic E-state index is 12.7. The van der Waals surface area contributed by atoms with Gasteiger partial charge in [0.15, 0.2) is 11.6 Å². The Kier molecular flexibility index (Phi) is 9.85. The Labute approximate surface area is 314 Å². The number of hydrogen-bond donors (Lipinski definition) is 1. The second kappa shape index (κ2) is 13.8. The second-order valence-corrected chi connectivity index (χ2v) is 20.8. The molecule has 52 heavy (non-hydrogen) atoms. The number of ether oxygens (including phenoxy) is 1. The molecule has 0 aromatic heterocycles. The first-order chi connectivity index (χ1) is 24.8. The minimum atomic E-state index is -0.0893. The van der Waals surface area contributed by atoms with E-state index in [1.807, 2.05) is 12.2 Å². The van der Waals surface area contributed by atoms with Crippen molar-refractivity contribution in [2.45, 2.75) is 182 Å². The molecule has 5 nitrogen and oxygen atoms in total. The molecule has 1 N–H and O–H groups in total. The zero-order valence-corrected chi connectivity index (χ0v) is 33.4. The SMILES string of the molecule is CC1CC(=O)C=C2CC[C@H]3[C@@H]4CC[C@H](O)[C@@]4(C)CC[C@@H]3[C@]21C.C[C@]12CC[C@H]3[C@@H](CCC4=CC(=O)CC[C@@]43C)[C@@H]1CC[C@@H]2OC(=O)CCC1CCCC1. The molecule has 9 aliphatic rings. The maximum atomic E-state index is 12.7. The van der Waals surface area contributed by atoms with Gasteiger partial charge in [-0.25, -0.2) is 0 Å². The van der Waals surface area contributed by atoms with Gasteiger partial charge in [-0.3, -0.25) is 14.4 Å². The predicted molar refractivity (Wildman–Crippen MR) is 205 cm³/mol. The molecule has 0 amide bonds. The van der Waals surface area contributed by atoms with Crippen molar-refractivity contribution in [1.82, 2.24) is 0 Å². The van der Waals surface area contributed by atoms with Crippen molar-refractivity contribution in [2.75, 3.05) is 0 Å². The van der Waals surface area contributed by atoms with E-state index in [1.54, 1.807) is 0 Å². The number of fused-ring (bicyclic) bond motifs is 10. The Balaban J connectivity index is 0.000000156. The highest BCUT2D eigenvalue weighted by atomic mass is 16.5. The van der Waals surface area contributed by atoms with Crippen LogP contribution in [-0.4, -0.2) is 34.9 Å². The van der Waals surface area contributed by atoms with Crippen LogP contribution in [-0.2, 0) is 19.1 Å². The summed E-state index contributed by atoms with van der Waals surface area (Å²) >= 11 is 0. The van der Waals surface area contributed by atoms with Gasteiger partial charge in [-0.2, -0.15) is 0 Å². The van der Waals surface area contributed by atoms with E-state index in [-0.39, 0.29) is 39.8 Å². The van der Waals surface area contributed by atoms with E-state index >= 15 is 0 Å². The first-order valence-corrected chi connectivity index (χ1v) is 22.1. The summed E-state index contributed by atoms with van der Waals surface area (Å²) in [7, 11) is 0. The van der Waals surface area contributed by atoms with Crippen LogP contribution < -0.4 is 0 Å². The molecule has 0 aromatic carbocycles. The number of aliphatic hydroxyl groups is 1. The van der Waals surface area contributed by atoms with Crippen molar-refractivity contribution >= 4 is 17.5 Å². The first kappa shape index (κ1) is 37.2. The standard InChI is InChI=1S/C27H40O3.C20H30O2/c1-26-15-13-20(28)17-19(26)8-9-21-22-10-11-24(27(22,2)16-14-23(21)26)30-25(29)12-7-18-5-3-4-6-18;1-12-10-14(21)11-13-4-5-15-16-6-7-18(22)19(16,2)9-8-17(15)20(12,13)3/h17-18,21-24H,3-16H2,1-2H3;11-12,15-18,22H,4-10H2,1-3H3/t21-,22-,23-,24-,26-,27-;12?,15-,16-,17-,18-,19-,20-/m00/s1. The average molecular weight is 715 g/mol. The third kappa shape index (κ3) is 5.98. The van der Waals surface area contributed by atoms with Crippen LogP contribution in [0.1, 0.15) is 169 Å². The quantitative estimate of drug-likeness (QED) is 0.293. The summed E-state index contributed by atoms with van der Waals surface area (Å²) in [5.74, 6) is 6.28. The molecule has 1 unspecified atom stereocenters. The van der Waals surface area contributed by atoms with E-state index in [9.17, 15) is 19.5 Å². The van der Waals surface area contributed by atoms with Gasteiger partial charge in [0.2, 0.25) is 0 Å². The zero-order chi connectivity index (χ0) is 36.6. The van der Waals surface area contributed by atoms with E-state index in [0.29, 0.717) is 41.7 Å². The lowest BCUT2D eigenvalue weighted by Crippen LogP contribution is -2.53. The van der Waals surface area contributed by atoms with Gasteiger partial charge < -0.3 is 9.84 Å². The van der Waals surface area contributed by atoms with E-state index in [2.05, 4.69) is 34.6 Å². The van der Waals surface area contributed by atoms with Crippen LogP contribution in [0.5, 0.6) is 0 Å². The molecule has 7 saturated carbocycles. The average Bonchev–Trinajstić information content (AvgIpc) is 3.83. The molecule has 0 saturated heterocycles. The van der Waals surface area contributed by atoms with Gasteiger partial charge in [0.25, 0.3) is 0 Å². The molecule has 288 valence electrons. The highest BCUT2D eigenvalue weighted by Crippen LogP contribution is 2.67. The number of hydrogen-bond acceptors (Lipinski definition) is 5. The minimum Gasteiger partial charge on any atom is -0.462 e. The van der Waals surface area contributed by atoms with Gasteiger partial charge in [-0.15, -0.1) is 0 Å². The van der Waals surface area contributed by atoms with E-state index < -0.39 is 0 Å². The normalized spacial score (nSPS) is 48.1. The number of ketones is 2. The lowest BCUT2D eigenvalue weighted by atomic mass is 9.45. The third-order valence-corrected chi connectivity index (χ3v) is 18.8. The van der Waals surface area contributed by atoms with Gasteiger partial charge in [0.1, 0.15) is 6.10 Å². The fourth-order valence-electron chi connectivity index (χ4n) is 15.5. The highest BCUT2D eigenvalue weighted by Gasteiger charge is 2.61. The molecule has 0 spiro atoms. The summed E-state index contributed by atoms with van der Waals surface area (Å²) in [6.45, 7) is 12.0. The molecule has 0 heterocycles. The molecule has 0 bridgehead atoms. The van der Waals surface area contributed by atoms with E-state index in [0.717, 1.165) is 75.0 Å². The Hall–Kier alpha value is -1.75. The number of carbonyl (C=O) groups excluding carboxylic acids is 3. The number of rotatable bonds is 4. The molecule has 0 radical (unpaired) electrons. The summed E-state index contributed by atoms with van der Waals surface area (Å²) in [5.41, 5.74) is 3.66. The minimum absolute atomic E-state index is 0.0579. The number of aliphatic hydroxyl groups excluding tert-OH is 1. The highest BCUT2D eigenvalue weighted by molar-refractivity contribution is 5.92. The van der Waals surface area contributed by atoms with Crippen molar-refractivity contribution in [3.05, 3.63) is 23.3 Å². The Morgan fingerprint density at radius 3 is 2.12 bits per heavy atom. The molecular weight excluding hydrogens is 645 g/mol.